The first-order valence-corrected chi connectivity index (χ1v) is 8.30. The zero-order valence-corrected chi connectivity index (χ0v) is 15.0. The van der Waals surface area contributed by atoms with E-state index in [0.717, 1.165) is 22.3 Å². The molecule has 3 aromatic heterocycles. The second-order valence-corrected chi connectivity index (χ2v) is 6.08. The number of benzene rings is 1. The molecule has 0 fully saturated rings. The van der Waals surface area contributed by atoms with Crippen LogP contribution in [0.5, 0.6) is 0 Å². The highest BCUT2D eigenvalue weighted by Gasteiger charge is 2.21. The zero-order valence-electron chi connectivity index (χ0n) is 15.0. The lowest BCUT2D eigenvalue weighted by Gasteiger charge is -2.08. The van der Waals surface area contributed by atoms with E-state index < -0.39 is 6.43 Å². The van der Waals surface area contributed by atoms with E-state index in [0.29, 0.717) is 17.3 Å². The lowest BCUT2D eigenvalue weighted by Crippen LogP contribution is -2.01. The van der Waals surface area contributed by atoms with Gasteiger partial charge in [-0.2, -0.15) is 10.2 Å². The second-order valence-electron chi connectivity index (χ2n) is 6.08. The van der Waals surface area contributed by atoms with Crippen LogP contribution in [0.1, 0.15) is 17.8 Å². The van der Waals surface area contributed by atoms with Crippen molar-refractivity contribution in [3.63, 3.8) is 0 Å². The van der Waals surface area contributed by atoms with Gasteiger partial charge in [-0.05, 0) is 6.92 Å². The molecular formula is C18H17F2N7. The van der Waals surface area contributed by atoms with Gasteiger partial charge < -0.3 is 5.32 Å². The fourth-order valence-electron chi connectivity index (χ4n) is 3.18. The highest BCUT2D eigenvalue weighted by molar-refractivity contribution is 5.91. The number of imidazole rings is 1. The van der Waals surface area contributed by atoms with Crippen LogP contribution < -0.4 is 5.32 Å². The van der Waals surface area contributed by atoms with Gasteiger partial charge in [0.15, 0.2) is 5.82 Å². The summed E-state index contributed by atoms with van der Waals surface area (Å²) in [6.07, 6.45) is 0.676. The van der Waals surface area contributed by atoms with E-state index in [1.807, 2.05) is 6.92 Å². The minimum absolute atomic E-state index is 0.0170. The van der Waals surface area contributed by atoms with Crippen molar-refractivity contribution in [1.29, 1.82) is 0 Å². The Morgan fingerprint density at radius 1 is 1.11 bits per heavy atom. The number of hydrogen-bond donors (Lipinski definition) is 1. The summed E-state index contributed by atoms with van der Waals surface area (Å²) in [7, 11) is 3.59. The molecule has 0 atom stereocenters. The summed E-state index contributed by atoms with van der Waals surface area (Å²) in [5.41, 5.74) is 3.73. The first kappa shape index (κ1) is 17.1. The Labute approximate surface area is 153 Å². The summed E-state index contributed by atoms with van der Waals surface area (Å²) < 4.78 is 29.2. The number of nitrogens with one attached hydrogen (secondary N) is 1. The smallest absolute Gasteiger partial charge is 0.263 e. The van der Waals surface area contributed by atoms with Crippen LogP contribution in [-0.2, 0) is 7.05 Å². The van der Waals surface area contributed by atoms with Gasteiger partial charge in [0, 0.05) is 30.8 Å². The number of anilines is 1. The van der Waals surface area contributed by atoms with E-state index in [4.69, 9.17) is 0 Å². The highest BCUT2D eigenvalue weighted by atomic mass is 19.3. The predicted octanol–water partition coefficient (Wildman–Crippen LogP) is 3.48. The van der Waals surface area contributed by atoms with Crippen molar-refractivity contribution >= 4 is 11.3 Å². The van der Waals surface area contributed by atoms with Crippen molar-refractivity contribution in [2.24, 2.45) is 7.05 Å². The van der Waals surface area contributed by atoms with Gasteiger partial charge in [-0.3, -0.25) is 4.68 Å². The van der Waals surface area contributed by atoms with Crippen LogP contribution in [0.4, 0.5) is 14.6 Å². The van der Waals surface area contributed by atoms with E-state index in [1.54, 1.807) is 41.6 Å². The molecule has 0 saturated carbocycles. The number of hydrogen-bond acceptors (Lipinski definition) is 5. The van der Waals surface area contributed by atoms with Crippen LogP contribution in [0, 0.1) is 6.92 Å². The number of nitrogens with zero attached hydrogens (tertiary/aromatic N) is 6. The Kier molecular flexibility index (Phi) is 4.06. The molecule has 0 spiro atoms. The maximum atomic E-state index is 12.9. The molecule has 0 saturated heterocycles. The molecule has 0 aliphatic heterocycles. The van der Waals surface area contributed by atoms with Crippen molar-refractivity contribution in [1.82, 2.24) is 29.4 Å². The Balaban J connectivity index is 1.94. The largest absolute Gasteiger partial charge is 0.371 e. The lowest BCUT2D eigenvalue weighted by molar-refractivity contribution is 0.151. The molecular weight excluding hydrogens is 352 g/mol. The van der Waals surface area contributed by atoms with Gasteiger partial charge >= 0.3 is 0 Å². The van der Waals surface area contributed by atoms with Gasteiger partial charge in [0.25, 0.3) is 6.43 Å². The Bertz CT molecular complexity index is 1110. The minimum Gasteiger partial charge on any atom is -0.371 e. The number of aryl methyl sites for hydroxylation is 2. The molecule has 0 aliphatic rings. The van der Waals surface area contributed by atoms with E-state index >= 15 is 0 Å². The highest BCUT2D eigenvalue weighted by Crippen LogP contribution is 2.36. The molecule has 0 aliphatic carbocycles. The third-order valence-corrected chi connectivity index (χ3v) is 4.46. The van der Waals surface area contributed by atoms with Crippen LogP contribution in [0.2, 0.25) is 0 Å². The lowest BCUT2D eigenvalue weighted by atomic mass is 10.0. The molecule has 0 radical (unpaired) electrons. The first-order valence-electron chi connectivity index (χ1n) is 8.30. The Hall–Kier alpha value is -3.36. The average molecular weight is 369 g/mol. The van der Waals surface area contributed by atoms with Gasteiger partial charge in [0.1, 0.15) is 23.4 Å². The summed E-state index contributed by atoms with van der Waals surface area (Å²) >= 11 is 0. The monoisotopic (exact) mass is 369 g/mol. The predicted molar refractivity (Wildman–Crippen MR) is 97.7 cm³/mol. The fourth-order valence-corrected chi connectivity index (χ4v) is 3.18. The molecule has 0 unspecified atom stereocenters. The van der Waals surface area contributed by atoms with Crippen molar-refractivity contribution in [3.05, 3.63) is 48.2 Å². The molecule has 3 heterocycles. The molecule has 27 heavy (non-hydrogen) atoms. The number of halogens is 2. The third-order valence-electron chi connectivity index (χ3n) is 4.46. The summed E-state index contributed by atoms with van der Waals surface area (Å²) in [6, 6.07) is 6.19. The summed E-state index contributed by atoms with van der Waals surface area (Å²) in [4.78, 5) is 8.93. The summed E-state index contributed by atoms with van der Waals surface area (Å²) in [6.45, 7) is 1.86. The van der Waals surface area contributed by atoms with Crippen molar-refractivity contribution < 1.29 is 8.78 Å². The number of fused-ring (bicyclic) bond motifs is 1. The molecule has 7 nitrogen and oxygen atoms in total. The van der Waals surface area contributed by atoms with Crippen LogP contribution in [0.25, 0.3) is 28.0 Å². The van der Waals surface area contributed by atoms with Gasteiger partial charge in [-0.15, -0.1) is 0 Å². The summed E-state index contributed by atoms with van der Waals surface area (Å²) in [5, 5.41) is 11.7. The Morgan fingerprint density at radius 3 is 2.52 bits per heavy atom. The van der Waals surface area contributed by atoms with Crippen LogP contribution >= 0.6 is 0 Å². The number of aromatic nitrogens is 6. The van der Waals surface area contributed by atoms with Gasteiger partial charge in [0.05, 0.1) is 11.9 Å². The maximum Gasteiger partial charge on any atom is 0.263 e. The second kappa shape index (κ2) is 6.42. The van der Waals surface area contributed by atoms with Crippen molar-refractivity contribution in [3.8, 4) is 22.5 Å². The van der Waals surface area contributed by atoms with E-state index in [9.17, 15) is 8.78 Å². The quantitative estimate of drug-likeness (QED) is 0.596. The van der Waals surface area contributed by atoms with Crippen molar-refractivity contribution in [2.45, 2.75) is 13.3 Å². The zero-order chi connectivity index (χ0) is 19.1. The third kappa shape index (κ3) is 2.71. The topological polar surface area (TPSA) is 72.9 Å². The minimum atomic E-state index is -2.50. The maximum absolute atomic E-state index is 12.9. The molecule has 4 rings (SSSR count). The summed E-state index contributed by atoms with van der Waals surface area (Å²) in [5.74, 6) is 1.35. The average Bonchev–Trinajstić information content (AvgIpc) is 3.22. The van der Waals surface area contributed by atoms with Gasteiger partial charge in [0.2, 0.25) is 0 Å². The Morgan fingerprint density at radius 2 is 1.85 bits per heavy atom. The molecule has 1 aromatic carbocycles. The SMILES string of the molecule is CNc1ncnn2c(C)nc(-c3cnn(C)c3-c3ccc(C(F)F)cc3)c12. The molecule has 1 N–H and O–H groups in total. The molecule has 9 heteroatoms. The molecule has 138 valence electrons. The first-order chi connectivity index (χ1) is 13.0. The van der Waals surface area contributed by atoms with Gasteiger partial charge in [-0.25, -0.2) is 23.3 Å². The normalized spacial score (nSPS) is 11.5. The number of rotatable bonds is 4. The molecule has 0 amide bonds. The van der Waals surface area contributed by atoms with Gasteiger partial charge in [-0.1, -0.05) is 24.3 Å². The van der Waals surface area contributed by atoms with Crippen molar-refractivity contribution in [2.75, 3.05) is 12.4 Å². The fraction of sp³-hybridized carbons (Fsp3) is 0.222. The van der Waals surface area contributed by atoms with E-state index in [1.165, 1.54) is 18.5 Å². The van der Waals surface area contributed by atoms with E-state index in [2.05, 4.69) is 25.5 Å². The van der Waals surface area contributed by atoms with Crippen LogP contribution in [-0.4, -0.2) is 36.4 Å². The molecule has 0 bridgehead atoms. The molecule has 4 aromatic rings. The van der Waals surface area contributed by atoms with E-state index in [-0.39, 0.29) is 5.56 Å². The van der Waals surface area contributed by atoms with Crippen LogP contribution in [0.3, 0.4) is 0 Å². The standard InChI is InChI=1S/C18H17F2N7/c1-10-25-14(16-18(21-2)22-9-24-27(10)16)13-8-23-26(3)15(13)11-4-6-12(7-5-11)17(19)20/h4-9,17H,1-3H3,(H,21,22,24). The number of alkyl halides is 2. The van der Waals surface area contributed by atoms with Crippen LogP contribution in [0.15, 0.2) is 36.8 Å².